The van der Waals surface area contributed by atoms with Crippen LogP contribution in [0.2, 0.25) is 0 Å². The van der Waals surface area contributed by atoms with Crippen molar-refractivity contribution >= 4 is 11.3 Å². The largest absolute Gasteiger partial charge is 0.441 e. The maximum absolute atomic E-state index is 5.74. The quantitative estimate of drug-likeness (QED) is 0.781. The Labute approximate surface area is 127 Å². The Morgan fingerprint density at radius 2 is 2.24 bits per heavy atom. The van der Waals surface area contributed by atoms with Gasteiger partial charge < -0.3 is 13.9 Å². The normalized spacial score (nSPS) is 14.8. The smallest absolute Gasteiger partial charge is 0.220 e. The summed E-state index contributed by atoms with van der Waals surface area (Å²) in [5.74, 6) is 1.60. The number of aryl methyl sites for hydroxylation is 1. The van der Waals surface area contributed by atoms with E-state index in [9.17, 15) is 0 Å². The highest BCUT2D eigenvalue weighted by molar-refractivity contribution is 7.09. The summed E-state index contributed by atoms with van der Waals surface area (Å²) < 4.78 is 16.4. The number of thiazole rings is 1. The van der Waals surface area contributed by atoms with Crippen LogP contribution in [-0.2, 0) is 35.8 Å². The van der Waals surface area contributed by atoms with E-state index in [1.807, 2.05) is 12.3 Å². The van der Waals surface area contributed by atoms with E-state index in [0.717, 1.165) is 48.4 Å². The summed E-state index contributed by atoms with van der Waals surface area (Å²) >= 11 is 1.63. The lowest BCUT2D eigenvalue weighted by Gasteiger charge is -2.12. The topological polar surface area (TPSA) is 60.6 Å². The first kappa shape index (κ1) is 14.6. The van der Waals surface area contributed by atoms with E-state index in [4.69, 9.17) is 13.9 Å². The molecule has 0 N–H and O–H groups in total. The third kappa shape index (κ3) is 3.68. The third-order valence-electron chi connectivity index (χ3n) is 3.32. The fraction of sp³-hybridized carbons (Fsp3) is 0.571. The first-order valence-electron chi connectivity index (χ1n) is 6.92. The summed E-state index contributed by atoms with van der Waals surface area (Å²) in [5, 5.41) is 3.07. The van der Waals surface area contributed by atoms with Gasteiger partial charge in [0.25, 0.3) is 0 Å². The molecule has 0 bridgehead atoms. The van der Waals surface area contributed by atoms with Gasteiger partial charge in [-0.1, -0.05) is 0 Å². The zero-order valence-electron chi connectivity index (χ0n) is 12.3. The molecule has 2 aromatic rings. The van der Waals surface area contributed by atoms with E-state index in [0.29, 0.717) is 19.1 Å². The summed E-state index contributed by atoms with van der Waals surface area (Å²) in [6.07, 6.45) is 0. The van der Waals surface area contributed by atoms with Crippen molar-refractivity contribution in [3.63, 3.8) is 0 Å². The SMILES string of the molecule is COCCN1Cc2nc(COCc3csc(C)n3)oc2C1. The van der Waals surface area contributed by atoms with Crippen LogP contribution in [0.25, 0.3) is 0 Å². The molecule has 7 heteroatoms. The molecule has 0 radical (unpaired) electrons. The minimum absolute atomic E-state index is 0.391. The van der Waals surface area contributed by atoms with E-state index in [2.05, 4.69) is 14.9 Å². The molecule has 0 aromatic carbocycles. The van der Waals surface area contributed by atoms with Gasteiger partial charge >= 0.3 is 0 Å². The minimum Gasteiger partial charge on any atom is -0.441 e. The standard InChI is InChI=1S/C14H19N3O3S/c1-10-15-11(9-21-10)7-19-8-14-16-12-5-17(3-4-18-2)6-13(12)20-14/h9H,3-8H2,1-2H3. The molecule has 21 heavy (non-hydrogen) atoms. The van der Waals surface area contributed by atoms with E-state index in [1.54, 1.807) is 18.4 Å². The number of rotatable bonds is 7. The lowest BCUT2D eigenvalue weighted by Crippen LogP contribution is -2.21. The molecule has 114 valence electrons. The van der Waals surface area contributed by atoms with Gasteiger partial charge in [-0.2, -0.15) is 0 Å². The lowest BCUT2D eigenvalue weighted by atomic mass is 10.4. The fourth-order valence-electron chi connectivity index (χ4n) is 2.31. The monoisotopic (exact) mass is 309 g/mol. The van der Waals surface area contributed by atoms with Gasteiger partial charge in [0.1, 0.15) is 12.4 Å². The maximum Gasteiger partial charge on any atom is 0.220 e. The van der Waals surface area contributed by atoms with Gasteiger partial charge in [0, 0.05) is 25.6 Å². The Bertz CT molecular complexity index is 573. The van der Waals surface area contributed by atoms with E-state index in [1.165, 1.54) is 0 Å². The number of nitrogens with zero attached hydrogens (tertiary/aromatic N) is 3. The van der Waals surface area contributed by atoms with Gasteiger partial charge in [-0.15, -0.1) is 11.3 Å². The molecule has 3 heterocycles. The average Bonchev–Trinajstić information content (AvgIpc) is 3.11. The summed E-state index contributed by atoms with van der Waals surface area (Å²) in [7, 11) is 1.71. The van der Waals surface area contributed by atoms with Gasteiger partial charge in [0.2, 0.25) is 5.89 Å². The van der Waals surface area contributed by atoms with Crippen LogP contribution >= 0.6 is 11.3 Å². The molecule has 0 saturated heterocycles. The molecule has 0 spiro atoms. The van der Waals surface area contributed by atoms with Crippen LogP contribution in [0.3, 0.4) is 0 Å². The Kier molecular flexibility index (Phi) is 4.64. The molecule has 0 saturated carbocycles. The Morgan fingerprint density at radius 3 is 2.95 bits per heavy atom. The summed E-state index contributed by atoms with van der Waals surface area (Å²) in [5.41, 5.74) is 1.98. The second-order valence-electron chi connectivity index (χ2n) is 5.03. The van der Waals surface area contributed by atoms with Crippen LogP contribution in [0.15, 0.2) is 9.80 Å². The summed E-state index contributed by atoms with van der Waals surface area (Å²) in [6, 6.07) is 0. The van der Waals surface area contributed by atoms with Gasteiger partial charge in [-0.3, -0.25) is 4.90 Å². The number of ether oxygens (including phenoxy) is 2. The van der Waals surface area contributed by atoms with Crippen molar-refractivity contribution in [1.29, 1.82) is 0 Å². The van der Waals surface area contributed by atoms with Crippen molar-refractivity contribution in [1.82, 2.24) is 14.9 Å². The molecule has 0 fully saturated rings. The van der Waals surface area contributed by atoms with Crippen molar-refractivity contribution in [2.75, 3.05) is 20.3 Å². The first-order valence-corrected chi connectivity index (χ1v) is 7.80. The Hall–Kier alpha value is -1.28. The molecular formula is C14H19N3O3S. The number of fused-ring (bicyclic) bond motifs is 1. The molecule has 0 atom stereocenters. The molecule has 6 nitrogen and oxygen atoms in total. The highest BCUT2D eigenvalue weighted by atomic mass is 32.1. The van der Waals surface area contributed by atoms with Crippen molar-refractivity contribution < 1.29 is 13.9 Å². The molecular weight excluding hydrogens is 290 g/mol. The third-order valence-corrected chi connectivity index (χ3v) is 4.14. The summed E-state index contributed by atoms with van der Waals surface area (Å²) in [6.45, 7) is 6.14. The fourth-order valence-corrected chi connectivity index (χ4v) is 2.91. The molecule has 0 amide bonds. The number of hydrogen-bond acceptors (Lipinski definition) is 7. The van der Waals surface area contributed by atoms with Gasteiger partial charge in [-0.25, -0.2) is 9.97 Å². The second kappa shape index (κ2) is 6.65. The zero-order chi connectivity index (χ0) is 14.7. The average molecular weight is 309 g/mol. The Morgan fingerprint density at radius 1 is 1.33 bits per heavy atom. The van der Waals surface area contributed by atoms with E-state index >= 15 is 0 Å². The molecule has 1 aliphatic heterocycles. The molecule has 3 rings (SSSR count). The molecule has 0 unspecified atom stereocenters. The van der Waals surface area contributed by atoms with Crippen molar-refractivity contribution in [2.24, 2.45) is 0 Å². The van der Waals surface area contributed by atoms with Gasteiger partial charge in [0.15, 0.2) is 0 Å². The Balaban J connectivity index is 1.46. The van der Waals surface area contributed by atoms with Crippen molar-refractivity contribution in [3.05, 3.63) is 33.4 Å². The van der Waals surface area contributed by atoms with Gasteiger partial charge in [-0.05, 0) is 6.92 Å². The summed E-state index contributed by atoms with van der Waals surface area (Å²) in [4.78, 5) is 11.1. The van der Waals surface area contributed by atoms with Crippen LogP contribution in [-0.4, -0.2) is 35.1 Å². The highest BCUT2D eigenvalue weighted by Gasteiger charge is 2.24. The molecule has 1 aliphatic rings. The van der Waals surface area contributed by atoms with E-state index < -0.39 is 0 Å². The second-order valence-corrected chi connectivity index (χ2v) is 6.09. The predicted octanol–water partition coefficient (Wildman–Crippen LogP) is 2.12. The maximum atomic E-state index is 5.74. The van der Waals surface area contributed by atoms with Crippen LogP contribution in [0.5, 0.6) is 0 Å². The van der Waals surface area contributed by atoms with Crippen LogP contribution in [0.4, 0.5) is 0 Å². The highest BCUT2D eigenvalue weighted by Crippen LogP contribution is 2.23. The number of aromatic nitrogens is 2. The minimum atomic E-state index is 0.391. The van der Waals surface area contributed by atoms with E-state index in [-0.39, 0.29) is 0 Å². The van der Waals surface area contributed by atoms with Crippen molar-refractivity contribution in [3.8, 4) is 0 Å². The van der Waals surface area contributed by atoms with Crippen LogP contribution in [0, 0.1) is 6.92 Å². The molecule has 0 aliphatic carbocycles. The predicted molar refractivity (Wildman–Crippen MR) is 77.8 cm³/mol. The van der Waals surface area contributed by atoms with Crippen LogP contribution in [0.1, 0.15) is 28.0 Å². The van der Waals surface area contributed by atoms with Crippen molar-refractivity contribution in [2.45, 2.75) is 33.2 Å². The van der Waals surface area contributed by atoms with Gasteiger partial charge in [0.05, 0.1) is 36.2 Å². The number of oxazole rings is 1. The first-order chi connectivity index (χ1) is 10.2. The number of methoxy groups -OCH3 is 1. The van der Waals surface area contributed by atoms with Crippen LogP contribution < -0.4 is 0 Å². The zero-order valence-corrected chi connectivity index (χ0v) is 13.1. The number of hydrogen-bond donors (Lipinski definition) is 0. The molecule has 2 aromatic heterocycles. The lowest BCUT2D eigenvalue weighted by molar-refractivity contribution is 0.0848.